The molecule has 0 bridgehead atoms. The highest BCUT2D eigenvalue weighted by Crippen LogP contribution is 2.24. The molecular formula is C18H22N4O3S. The first-order valence-electron chi connectivity index (χ1n) is 8.67. The van der Waals surface area contributed by atoms with Gasteiger partial charge in [-0.2, -0.15) is 0 Å². The molecule has 2 amide bonds. The molecule has 0 unspecified atom stereocenters. The molecule has 1 saturated heterocycles. The van der Waals surface area contributed by atoms with Crippen molar-refractivity contribution < 1.29 is 14.3 Å². The van der Waals surface area contributed by atoms with E-state index in [1.54, 1.807) is 23.7 Å². The van der Waals surface area contributed by atoms with Crippen molar-refractivity contribution in [3.8, 4) is 5.75 Å². The van der Waals surface area contributed by atoms with Gasteiger partial charge in [0.15, 0.2) is 5.69 Å². The van der Waals surface area contributed by atoms with Crippen LogP contribution in [-0.4, -0.2) is 42.5 Å². The summed E-state index contributed by atoms with van der Waals surface area (Å²) in [5, 5.41) is 9.48. The third-order valence-electron chi connectivity index (χ3n) is 4.12. The first kappa shape index (κ1) is 18.3. The summed E-state index contributed by atoms with van der Waals surface area (Å²) in [6.07, 6.45) is 1.78. The minimum absolute atomic E-state index is 0.132. The van der Waals surface area contributed by atoms with Crippen molar-refractivity contribution >= 4 is 28.2 Å². The molecule has 1 fully saturated rings. The van der Waals surface area contributed by atoms with Gasteiger partial charge in [0.2, 0.25) is 0 Å². The van der Waals surface area contributed by atoms with E-state index >= 15 is 0 Å². The lowest BCUT2D eigenvalue weighted by Crippen LogP contribution is -2.43. The lowest BCUT2D eigenvalue weighted by molar-refractivity contribution is 0.0926. The van der Waals surface area contributed by atoms with Crippen LogP contribution >= 0.6 is 11.3 Å². The Morgan fingerprint density at radius 2 is 2.04 bits per heavy atom. The normalized spacial score (nSPS) is 14.7. The maximum absolute atomic E-state index is 12.6. The number of nitrogens with one attached hydrogen (secondary N) is 3. The van der Waals surface area contributed by atoms with Gasteiger partial charge >= 0.3 is 0 Å². The summed E-state index contributed by atoms with van der Waals surface area (Å²) in [5.74, 6) is -0.0708. The number of thiazole rings is 1. The molecule has 0 spiro atoms. The smallest absolute Gasteiger partial charge is 0.273 e. The van der Waals surface area contributed by atoms with Gasteiger partial charge in [0, 0.05) is 6.04 Å². The molecule has 3 N–H and O–H groups in total. The van der Waals surface area contributed by atoms with Crippen LogP contribution in [0.1, 0.15) is 40.6 Å². The first-order valence-corrected chi connectivity index (χ1v) is 9.55. The molecule has 7 nitrogen and oxygen atoms in total. The van der Waals surface area contributed by atoms with E-state index in [2.05, 4.69) is 20.9 Å². The minimum Gasteiger partial charge on any atom is -0.493 e. The summed E-state index contributed by atoms with van der Waals surface area (Å²) in [7, 11) is 0. The fraction of sp³-hybridized carbons (Fsp3) is 0.389. The molecule has 138 valence electrons. The highest BCUT2D eigenvalue weighted by Gasteiger charge is 2.22. The third kappa shape index (κ3) is 4.39. The van der Waals surface area contributed by atoms with Gasteiger partial charge in [-0.3, -0.25) is 9.59 Å². The van der Waals surface area contributed by atoms with Crippen molar-refractivity contribution in [2.45, 2.75) is 25.8 Å². The zero-order valence-electron chi connectivity index (χ0n) is 14.6. The first-order chi connectivity index (χ1) is 12.7. The third-order valence-corrected chi connectivity index (χ3v) is 4.86. The van der Waals surface area contributed by atoms with Crippen molar-refractivity contribution in [1.29, 1.82) is 0 Å². The number of benzene rings is 1. The molecule has 1 aromatic carbocycles. The molecule has 8 heteroatoms. The number of piperidine rings is 1. The van der Waals surface area contributed by atoms with Gasteiger partial charge in [-0.05, 0) is 45.0 Å². The minimum atomic E-state index is -0.325. The topological polar surface area (TPSA) is 92.3 Å². The largest absolute Gasteiger partial charge is 0.493 e. The Morgan fingerprint density at radius 1 is 1.27 bits per heavy atom. The average Bonchev–Trinajstić information content (AvgIpc) is 3.11. The number of rotatable bonds is 6. The molecule has 3 rings (SSSR count). The summed E-state index contributed by atoms with van der Waals surface area (Å²) >= 11 is 1.23. The molecule has 0 radical (unpaired) electrons. The summed E-state index contributed by atoms with van der Waals surface area (Å²) in [6, 6.07) is 7.15. The van der Waals surface area contributed by atoms with Crippen LogP contribution in [-0.2, 0) is 0 Å². The Balaban J connectivity index is 1.70. The van der Waals surface area contributed by atoms with Gasteiger partial charge in [0.05, 0.1) is 17.7 Å². The number of ether oxygens (including phenoxy) is 1. The summed E-state index contributed by atoms with van der Waals surface area (Å²) < 4.78 is 5.50. The predicted molar refractivity (Wildman–Crippen MR) is 101 cm³/mol. The van der Waals surface area contributed by atoms with Gasteiger partial charge in [0.25, 0.3) is 11.8 Å². The van der Waals surface area contributed by atoms with Gasteiger partial charge in [0.1, 0.15) is 10.8 Å². The second-order valence-electron chi connectivity index (χ2n) is 5.91. The number of carbonyl (C=O) groups is 2. The lowest BCUT2D eigenvalue weighted by atomic mass is 10.1. The Kier molecular flexibility index (Phi) is 6.19. The van der Waals surface area contributed by atoms with Crippen molar-refractivity contribution in [3.05, 3.63) is 41.0 Å². The van der Waals surface area contributed by atoms with Crippen LogP contribution < -0.4 is 20.7 Å². The SMILES string of the molecule is CCOc1ccccc1C(=O)Nc1scnc1C(=O)NC1CCNCC1. The monoisotopic (exact) mass is 374 g/mol. The van der Waals surface area contributed by atoms with Crippen LogP contribution in [0.5, 0.6) is 5.75 Å². The maximum Gasteiger partial charge on any atom is 0.273 e. The van der Waals surface area contributed by atoms with E-state index in [0.29, 0.717) is 22.9 Å². The van der Waals surface area contributed by atoms with E-state index in [9.17, 15) is 9.59 Å². The highest BCUT2D eigenvalue weighted by atomic mass is 32.1. The molecule has 2 aromatic rings. The van der Waals surface area contributed by atoms with Gasteiger partial charge in [-0.15, -0.1) is 11.3 Å². The quantitative estimate of drug-likeness (QED) is 0.721. The van der Waals surface area contributed by atoms with Crippen LogP contribution in [0.3, 0.4) is 0 Å². The zero-order chi connectivity index (χ0) is 18.4. The van der Waals surface area contributed by atoms with E-state index in [1.165, 1.54) is 11.3 Å². The van der Waals surface area contributed by atoms with Crippen molar-refractivity contribution in [1.82, 2.24) is 15.6 Å². The molecule has 1 aromatic heterocycles. The Morgan fingerprint density at radius 3 is 2.81 bits per heavy atom. The number of hydrogen-bond donors (Lipinski definition) is 3. The van der Waals surface area contributed by atoms with Gasteiger partial charge in [-0.1, -0.05) is 12.1 Å². The number of para-hydroxylation sites is 1. The maximum atomic E-state index is 12.6. The Bertz CT molecular complexity index is 771. The molecule has 0 atom stereocenters. The second-order valence-corrected chi connectivity index (χ2v) is 6.77. The molecule has 0 saturated carbocycles. The van der Waals surface area contributed by atoms with Crippen LogP contribution in [0.2, 0.25) is 0 Å². The van der Waals surface area contributed by atoms with Crippen LogP contribution in [0.4, 0.5) is 5.00 Å². The zero-order valence-corrected chi connectivity index (χ0v) is 15.4. The van der Waals surface area contributed by atoms with Crippen molar-refractivity contribution in [3.63, 3.8) is 0 Å². The van der Waals surface area contributed by atoms with Crippen LogP contribution in [0.15, 0.2) is 29.8 Å². The van der Waals surface area contributed by atoms with E-state index in [1.807, 2.05) is 13.0 Å². The van der Waals surface area contributed by atoms with Crippen LogP contribution in [0, 0.1) is 0 Å². The fourth-order valence-corrected chi connectivity index (χ4v) is 3.49. The molecule has 26 heavy (non-hydrogen) atoms. The Hall–Kier alpha value is -2.45. The summed E-state index contributed by atoms with van der Waals surface area (Å²) in [6.45, 7) is 4.11. The highest BCUT2D eigenvalue weighted by molar-refractivity contribution is 7.14. The van der Waals surface area contributed by atoms with Gasteiger partial charge < -0.3 is 20.7 Å². The predicted octanol–water partition coefficient (Wildman–Crippen LogP) is 2.28. The number of aromatic nitrogens is 1. The fourth-order valence-electron chi connectivity index (χ4n) is 2.82. The van der Waals surface area contributed by atoms with E-state index < -0.39 is 0 Å². The molecule has 2 heterocycles. The number of amides is 2. The van der Waals surface area contributed by atoms with Crippen LogP contribution in [0.25, 0.3) is 0 Å². The average molecular weight is 374 g/mol. The number of carbonyl (C=O) groups excluding carboxylic acids is 2. The summed E-state index contributed by atoms with van der Waals surface area (Å²) in [4.78, 5) is 29.3. The van der Waals surface area contributed by atoms with E-state index in [4.69, 9.17) is 4.74 Å². The van der Waals surface area contributed by atoms with Crippen molar-refractivity contribution in [2.75, 3.05) is 25.0 Å². The van der Waals surface area contributed by atoms with E-state index in [0.717, 1.165) is 25.9 Å². The number of nitrogens with zero attached hydrogens (tertiary/aromatic N) is 1. The van der Waals surface area contributed by atoms with Gasteiger partial charge in [-0.25, -0.2) is 4.98 Å². The standard InChI is InChI=1S/C18H22N4O3S/c1-2-25-14-6-4-3-5-13(14)16(23)22-18-15(20-11-26-18)17(24)21-12-7-9-19-10-8-12/h3-6,11-12,19H,2,7-10H2,1H3,(H,21,24)(H,22,23). The van der Waals surface area contributed by atoms with E-state index in [-0.39, 0.29) is 23.6 Å². The molecular weight excluding hydrogens is 352 g/mol. The molecule has 1 aliphatic rings. The Labute approximate surface area is 156 Å². The van der Waals surface area contributed by atoms with Crippen molar-refractivity contribution in [2.24, 2.45) is 0 Å². The lowest BCUT2D eigenvalue weighted by Gasteiger charge is -2.23. The number of hydrogen-bond acceptors (Lipinski definition) is 6. The second kappa shape index (κ2) is 8.77. The number of anilines is 1. The summed E-state index contributed by atoms with van der Waals surface area (Å²) in [5.41, 5.74) is 2.23. The molecule has 0 aliphatic carbocycles. The molecule has 1 aliphatic heterocycles.